The summed E-state index contributed by atoms with van der Waals surface area (Å²) in [5, 5.41) is 9.68. The van der Waals surface area contributed by atoms with Crippen molar-refractivity contribution in [3.8, 4) is 0 Å². The van der Waals surface area contributed by atoms with Gasteiger partial charge in [-0.15, -0.1) is 0 Å². The second-order valence-corrected chi connectivity index (χ2v) is 5.46. The summed E-state index contributed by atoms with van der Waals surface area (Å²) in [6, 6.07) is 2.88. The Bertz CT molecular complexity index is 477. The van der Waals surface area contributed by atoms with Crippen LogP contribution in [0.3, 0.4) is 0 Å². The Labute approximate surface area is 118 Å². The van der Waals surface area contributed by atoms with Crippen molar-refractivity contribution >= 4 is 5.97 Å². The van der Waals surface area contributed by atoms with E-state index in [1.54, 1.807) is 6.07 Å². The first kappa shape index (κ1) is 14.9. The van der Waals surface area contributed by atoms with Crippen LogP contribution in [-0.2, 0) is 4.79 Å². The zero-order valence-corrected chi connectivity index (χ0v) is 12.0. The van der Waals surface area contributed by atoms with Crippen molar-refractivity contribution in [1.29, 1.82) is 0 Å². The van der Waals surface area contributed by atoms with Crippen molar-refractivity contribution in [2.24, 2.45) is 0 Å². The molecule has 0 radical (unpaired) electrons. The minimum Gasteiger partial charge on any atom is -0.480 e. The van der Waals surface area contributed by atoms with Crippen molar-refractivity contribution < 1.29 is 14.3 Å². The molecule has 1 aromatic heterocycles. The van der Waals surface area contributed by atoms with Crippen LogP contribution in [0.25, 0.3) is 0 Å². The molecule has 1 aliphatic rings. The summed E-state index contributed by atoms with van der Waals surface area (Å²) in [6.07, 6.45) is 4.18. The van der Waals surface area contributed by atoms with Gasteiger partial charge in [0, 0.05) is 0 Å². The molecule has 2 rings (SSSR count). The highest BCUT2D eigenvalue weighted by Gasteiger charge is 2.48. The molecular weight excluding hydrogens is 259 g/mol. The van der Waals surface area contributed by atoms with Gasteiger partial charge in [0.25, 0.3) is 0 Å². The quantitative estimate of drug-likeness (QED) is 0.901. The minimum absolute atomic E-state index is 0.124. The largest absolute Gasteiger partial charge is 0.480 e. The number of pyridine rings is 1. The van der Waals surface area contributed by atoms with Crippen LogP contribution in [0.4, 0.5) is 4.39 Å². The maximum Gasteiger partial charge on any atom is 0.324 e. The summed E-state index contributed by atoms with van der Waals surface area (Å²) < 4.78 is 13.0. The first-order valence-corrected chi connectivity index (χ1v) is 7.13. The standard InChI is InChI=1S/C15H21FN2O2/c1-3-7-15(14(19)20)8-4-9-18(15)11(2)13-6-5-12(16)10-17-13/h5-6,10-11H,3-4,7-9H2,1-2H3,(H,19,20). The maximum absolute atomic E-state index is 13.0. The number of halogens is 1. The first-order valence-electron chi connectivity index (χ1n) is 7.13. The number of carboxylic acid groups (broad SMARTS) is 1. The lowest BCUT2D eigenvalue weighted by atomic mass is 9.89. The summed E-state index contributed by atoms with van der Waals surface area (Å²) in [5.74, 6) is -1.13. The summed E-state index contributed by atoms with van der Waals surface area (Å²) in [4.78, 5) is 17.9. The van der Waals surface area contributed by atoms with E-state index in [1.807, 2.05) is 18.7 Å². The lowest BCUT2D eigenvalue weighted by molar-refractivity contribution is -0.151. The number of carbonyl (C=O) groups is 1. The molecule has 0 aromatic carbocycles. The molecule has 2 atom stereocenters. The van der Waals surface area contributed by atoms with E-state index in [4.69, 9.17) is 0 Å². The SMILES string of the molecule is CCCC1(C(=O)O)CCCN1C(C)c1ccc(F)cn1. The van der Waals surface area contributed by atoms with Crippen LogP contribution in [0.2, 0.25) is 0 Å². The number of hydrogen-bond acceptors (Lipinski definition) is 3. The van der Waals surface area contributed by atoms with Gasteiger partial charge in [-0.05, 0) is 44.9 Å². The highest BCUT2D eigenvalue weighted by molar-refractivity contribution is 5.79. The Kier molecular flexibility index (Phi) is 4.38. The van der Waals surface area contributed by atoms with Gasteiger partial charge in [-0.3, -0.25) is 14.7 Å². The summed E-state index contributed by atoms with van der Waals surface area (Å²) >= 11 is 0. The van der Waals surface area contributed by atoms with Gasteiger partial charge in [0.15, 0.2) is 0 Å². The average Bonchev–Trinajstić information content (AvgIpc) is 2.84. The molecule has 2 unspecified atom stereocenters. The van der Waals surface area contributed by atoms with E-state index in [2.05, 4.69) is 4.98 Å². The Morgan fingerprint density at radius 2 is 2.35 bits per heavy atom. The molecule has 2 heterocycles. The molecule has 4 nitrogen and oxygen atoms in total. The molecular formula is C15H21FN2O2. The van der Waals surface area contributed by atoms with E-state index in [0.29, 0.717) is 12.8 Å². The topological polar surface area (TPSA) is 53.4 Å². The highest BCUT2D eigenvalue weighted by atomic mass is 19.1. The van der Waals surface area contributed by atoms with Crippen LogP contribution < -0.4 is 0 Å². The Hall–Kier alpha value is -1.49. The van der Waals surface area contributed by atoms with Crippen LogP contribution >= 0.6 is 0 Å². The Morgan fingerprint density at radius 3 is 2.90 bits per heavy atom. The van der Waals surface area contributed by atoms with E-state index in [9.17, 15) is 14.3 Å². The van der Waals surface area contributed by atoms with Crippen molar-refractivity contribution in [2.75, 3.05) is 6.54 Å². The predicted molar refractivity (Wildman–Crippen MR) is 73.8 cm³/mol. The molecule has 1 aliphatic heterocycles. The molecule has 0 spiro atoms. The summed E-state index contributed by atoms with van der Waals surface area (Å²) in [7, 11) is 0. The number of aromatic nitrogens is 1. The minimum atomic E-state index is -0.801. The molecule has 1 saturated heterocycles. The van der Waals surface area contributed by atoms with Gasteiger partial charge in [0.2, 0.25) is 0 Å². The second kappa shape index (κ2) is 5.87. The summed E-state index contributed by atoms with van der Waals surface area (Å²) in [6.45, 7) is 4.69. The smallest absolute Gasteiger partial charge is 0.324 e. The fourth-order valence-electron chi connectivity index (χ4n) is 3.28. The molecule has 5 heteroatoms. The third-order valence-corrected chi connectivity index (χ3v) is 4.25. The number of hydrogen-bond donors (Lipinski definition) is 1. The Balaban J connectivity index is 2.29. The van der Waals surface area contributed by atoms with Gasteiger partial charge in [-0.1, -0.05) is 13.3 Å². The number of nitrogens with zero attached hydrogens (tertiary/aromatic N) is 2. The van der Waals surface area contributed by atoms with Crippen LogP contribution in [0.5, 0.6) is 0 Å². The third kappa shape index (κ3) is 2.54. The van der Waals surface area contributed by atoms with Crippen molar-refractivity contribution in [2.45, 2.75) is 51.1 Å². The van der Waals surface area contributed by atoms with Crippen LogP contribution in [0, 0.1) is 5.82 Å². The number of rotatable bonds is 5. The van der Waals surface area contributed by atoms with Crippen LogP contribution in [0.15, 0.2) is 18.3 Å². The van der Waals surface area contributed by atoms with Crippen LogP contribution in [0.1, 0.15) is 51.3 Å². The lowest BCUT2D eigenvalue weighted by Gasteiger charge is -2.38. The van der Waals surface area contributed by atoms with Gasteiger partial charge in [-0.25, -0.2) is 4.39 Å². The molecule has 0 aliphatic carbocycles. The molecule has 1 N–H and O–H groups in total. The third-order valence-electron chi connectivity index (χ3n) is 4.25. The molecule has 1 aromatic rings. The molecule has 0 saturated carbocycles. The molecule has 110 valence electrons. The van der Waals surface area contributed by atoms with Gasteiger partial charge >= 0.3 is 5.97 Å². The number of aliphatic carboxylic acids is 1. The lowest BCUT2D eigenvalue weighted by Crippen LogP contribution is -2.51. The van der Waals surface area contributed by atoms with E-state index >= 15 is 0 Å². The number of likely N-dealkylation sites (tertiary alicyclic amines) is 1. The highest BCUT2D eigenvalue weighted by Crippen LogP contribution is 2.39. The van der Waals surface area contributed by atoms with E-state index < -0.39 is 11.5 Å². The molecule has 20 heavy (non-hydrogen) atoms. The first-order chi connectivity index (χ1) is 9.51. The zero-order valence-electron chi connectivity index (χ0n) is 12.0. The average molecular weight is 280 g/mol. The van der Waals surface area contributed by atoms with Crippen LogP contribution in [-0.4, -0.2) is 33.0 Å². The molecule has 0 amide bonds. The van der Waals surface area contributed by atoms with Gasteiger partial charge < -0.3 is 5.11 Å². The zero-order chi connectivity index (χ0) is 14.8. The van der Waals surface area contributed by atoms with Crippen molar-refractivity contribution in [3.63, 3.8) is 0 Å². The monoisotopic (exact) mass is 280 g/mol. The fraction of sp³-hybridized carbons (Fsp3) is 0.600. The normalized spacial score (nSPS) is 24.8. The van der Waals surface area contributed by atoms with Gasteiger partial charge in [0.05, 0.1) is 17.9 Å². The van der Waals surface area contributed by atoms with E-state index in [-0.39, 0.29) is 11.9 Å². The molecule has 0 bridgehead atoms. The van der Waals surface area contributed by atoms with Gasteiger partial charge in [-0.2, -0.15) is 0 Å². The summed E-state index contributed by atoms with van der Waals surface area (Å²) in [5.41, 5.74) is -0.0837. The van der Waals surface area contributed by atoms with E-state index in [0.717, 1.165) is 25.1 Å². The van der Waals surface area contributed by atoms with Gasteiger partial charge in [0.1, 0.15) is 11.4 Å². The van der Waals surface area contributed by atoms with Crippen molar-refractivity contribution in [1.82, 2.24) is 9.88 Å². The fourth-order valence-corrected chi connectivity index (χ4v) is 3.28. The maximum atomic E-state index is 13.0. The number of carboxylic acids is 1. The van der Waals surface area contributed by atoms with Crippen molar-refractivity contribution in [3.05, 3.63) is 29.8 Å². The van der Waals surface area contributed by atoms with E-state index in [1.165, 1.54) is 12.3 Å². The Morgan fingerprint density at radius 1 is 1.60 bits per heavy atom. The predicted octanol–water partition coefficient (Wildman–Crippen LogP) is 3.00. The second-order valence-electron chi connectivity index (χ2n) is 5.46. The molecule has 1 fully saturated rings.